The molecule has 0 saturated heterocycles. The van der Waals surface area contributed by atoms with E-state index in [0.29, 0.717) is 0 Å². The largest absolute Gasteiger partial charge is 0.497 e. The Morgan fingerprint density at radius 2 is 1.59 bits per heavy atom. The smallest absolute Gasteiger partial charge is 0.119 e. The lowest BCUT2D eigenvalue weighted by Gasteiger charge is -2.09. The first-order valence-corrected chi connectivity index (χ1v) is 7.91. The minimum atomic E-state index is -0.604. The van der Waals surface area contributed by atoms with Gasteiger partial charge in [-0.3, -0.25) is 0 Å². The Balaban J connectivity index is 1.96. The van der Waals surface area contributed by atoms with Crippen LogP contribution in [0.15, 0.2) is 48.0 Å². The minimum Gasteiger partial charge on any atom is -0.497 e. The molecule has 1 aliphatic carbocycles. The van der Waals surface area contributed by atoms with Gasteiger partial charge in [0, 0.05) is 0 Å². The van der Waals surface area contributed by atoms with E-state index in [1.54, 1.807) is 14.2 Å². The lowest BCUT2D eigenvalue weighted by atomic mass is 10.1. The van der Waals surface area contributed by atoms with Gasteiger partial charge in [0.2, 0.25) is 0 Å². The summed E-state index contributed by atoms with van der Waals surface area (Å²) < 4.78 is 10.4. The predicted molar refractivity (Wildman–Crippen MR) is 90.6 cm³/mol. The zero-order valence-electron chi connectivity index (χ0n) is 12.4. The molecule has 3 rings (SSSR count). The van der Waals surface area contributed by atoms with Crippen molar-refractivity contribution in [3.05, 3.63) is 64.7 Å². The Morgan fingerprint density at radius 3 is 2.23 bits per heavy atom. The monoisotopic (exact) mass is 360 g/mol. The summed E-state index contributed by atoms with van der Waals surface area (Å²) in [4.78, 5) is -0.0188. The van der Waals surface area contributed by atoms with Crippen molar-refractivity contribution in [2.45, 2.75) is 10.9 Å². The highest BCUT2D eigenvalue weighted by Gasteiger charge is 2.33. The fourth-order valence-electron chi connectivity index (χ4n) is 2.69. The summed E-state index contributed by atoms with van der Waals surface area (Å²) in [5.41, 5.74) is 3.92. The van der Waals surface area contributed by atoms with E-state index in [4.69, 9.17) is 9.47 Å². The Bertz CT molecular complexity index is 707. The van der Waals surface area contributed by atoms with Crippen molar-refractivity contribution in [3.63, 3.8) is 0 Å². The lowest BCUT2D eigenvalue weighted by Crippen LogP contribution is -1.94. The van der Waals surface area contributed by atoms with Gasteiger partial charge in [-0.05, 0) is 46.5 Å². The number of alkyl halides is 1. The number of methoxy groups -OCH3 is 2. The third-order valence-corrected chi connectivity index (χ3v) is 4.94. The zero-order chi connectivity index (χ0) is 15.7. The van der Waals surface area contributed by atoms with Crippen LogP contribution in [-0.2, 0) is 0 Å². The van der Waals surface area contributed by atoms with Crippen LogP contribution in [-0.4, -0.2) is 19.3 Å². The summed E-state index contributed by atoms with van der Waals surface area (Å²) in [7, 11) is 3.29. The number of hydrogen-bond donors (Lipinski definition) is 1. The normalized spacial score (nSPS) is 21.7. The first kappa shape index (κ1) is 15.1. The second-order valence-corrected chi connectivity index (χ2v) is 6.09. The van der Waals surface area contributed by atoms with Gasteiger partial charge in [0.1, 0.15) is 17.6 Å². The molecular weight excluding hydrogens is 344 g/mol. The summed E-state index contributed by atoms with van der Waals surface area (Å²) in [6, 6.07) is 13.5. The molecule has 0 amide bonds. The van der Waals surface area contributed by atoms with Crippen LogP contribution in [0, 0.1) is 0 Å². The van der Waals surface area contributed by atoms with Gasteiger partial charge >= 0.3 is 0 Å². The van der Waals surface area contributed by atoms with Crippen molar-refractivity contribution in [3.8, 4) is 11.5 Å². The number of halogens is 1. The van der Waals surface area contributed by atoms with Crippen LogP contribution in [0.2, 0.25) is 0 Å². The van der Waals surface area contributed by atoms with Crippen molar-refractivity contribution < 1.29 is 14.6 Å². The predicted octanol–water partition coefficient (Wildman–Crippen LogP) is 4.27. The second kappa shape index (κ2) is 6.15. The van der Waals surface area contributed by atoms with Gasteiger partial charge in [-0.2, -0.15) is 0 Å². The number of aliphatic hydroxyl groups is 1. The molecule has 0 aliphatic heterocycles. The molecule has 0 spiro atoms. The van der Waals surface area contributed by atoms with E-state index >= 15 is 0 Å². The van der Waals surface area contributed by atoms with E-state index < -0.39 is 6.10 Å². The molecule has 2 aromatic rings. The van der Waals surface area contributed by atoms with Crippen LogP contribution in [0.4, 0.5) is 0 Å². The quantitative estimate of drug-likeness (QED) is 0.830. The maximum Gasteiger partial charge on any atom is 0.119 e. The van der Waals surface area contributed by atoms with Gasteiger partial charge in [0.25, 0.3) is 0 Å². The summed E-state index contributed by atoms with van der Waals surface area (Å²) in [5, 5.41) is 10.6. The third-order valence-electron chi connectivity index (χ3n) is 3.92. The summed E-state index contributed by atoms with van der Waals surface area (Å²) in [5.74, 6) is 1.61. The second-order valence-electron chi connectivity index (χ2n) is 5.18. The van der Waals surface area contributed by atoms with Crippen molar-refractivity contribution in [1.29, 1.82) is 0 Å². The maximum atomic E-state index is 10.6. The summed E-state index contributed by atoms with van der Waals surface area (Å²) in [6.07, 6.45) is 1.41. The first-order chi connectivity index (χ1) is 10.6. The fourth-order valence-corrected chi connectivity index (χ4v) is 3.47. The molecule has 3 nitrogen and oxygen atoms in total. The van der Waals surface area contributed by atoms with E-state index in [-0.39, 0.29) is 4.83 Å². The van der Waals surface area contributed by atoms with Gasteiger partial charge in [-0.1, -0.05) is 40.2 Å². The van der Waals surface area contributed by atoms with Crippen LogP contribution in [0.3, 0.4) is 0 Å². The van der Waals surface area contributed by atoms with Crippen LogP contribution in [0.25, 0.3) is 6.08 Å². The minimum absolute atomic E-state index is 0.0188. The fraction of sp³-hybridized carbons (Fsp3) is 0.222. The van der Waals surface area contributed by atoms with E-state index in [2.05, 4.69) is 15.9 Å². The van der Waals surface area contributed by atoms with Gasteiger partial charge < -0.3 is 14.6 Å². The molecule has 2 unspecified atom stereocenters. The number of hydrogen-bond acceptors (Lipinski definition) is 3. The van der Waals surface area contributed by atoms with Gasteiger partial charge in [0.05, 0.1) is 19.0 Å². The van der Waals surface area contributed by atoms with Crippen LogP contribution < -0.4 is 9.47 Å². The van der Waals surface area contributed by atoms with E-state index in [9.17, 15) is 5.11 Å². The summed E-state index contributed by atoms with van der Waals surface area (Å²) >= 11 is 3.68. The average molecular weight is 361 g/mol. The molecule has 0 heterocycles. The standard InChI is InChI=1S/C18H17BrO3/c1-21-12-5-3-11(4-6-12)9-16-17(19)15-10-13(22-2)7-8-14(15)18(16)20/h3-10,17-18,20H,1-2H3. The Morgan fingerprint density at radius 1 is 0.955 bits per heavy atom. The van der Waals surface area contributed by atoms with Crippen LogP contribution in [0.5, 0.6) is 11.5 Å². The molecule has 0 aromatic heterocycles. The molecule has 2 aromatic carbocycles. The van der Waals surface area contributed by atoms with Crippen molar-refractivity contribution in [2.75, 3.05) is 14.2 Å². The topological polar surface area (TPSA) is 38.7 Å². The highest BCUT2D eigenvalue weighted by atomic mass is 79.9. The van der Waals surface area contributed by atoms with Crippen molar-refractivity contribution in [1.82, 2.24) is 0 Å². The number of aliphatic hydroxyl groups excluding tert-OH is 1. The molecule has 2 atom stereocenters. The highest BCUT2D eigenvalue weighted by molar-refractivity contribution is 9.09. The lowest BCUT2D eigenvalue weighted by molar-refractivity contribution is 0.222. The van der Waals surface area contributed by atoms with Crippen LogP contribution in [0.1, 0.15) is 27.6 Å². The molecule has 114 valence electrons. The molecule has 1 N–H and O–H groups in total. The van der Waals surface area contributed by atoms with Gasteiger partial charge in [-0.15, -0.1) is 0 Å². The SMILES string of the molecule is COc1ccc(C=C2C(O)c3ccc(OC)cc3C2Br)cc1. The van der Waals surface area contributed by atoms with Crippen molar-refractivity contribution >= 4 is 22.0 Å². The number of benzene rings is 2. The number of rotatable bonds is 3. The molecule has 4 heteroatoms. The van der Waals surface area contributed by atoms with E-state index in [1.165, 1.54) is 0 Å². The van der Waals surface area contributed by atoms with Crippen molar-refractivity contribution in [2.24, 2.45) is 0 Å². The highest BCUT2D eigenvalue weighted by Crippen LogP contribution is 2.49. The Labute approximate surface area is 138 Å². The zero-order valence-corrected chi connectivity index (χ0v) is 14.0. The molecule has 0 bridgehead atoms. The van der Waals surface area contributed by atoms with Gasteiger partial charge in [-0.25, -0.2) is 0 Å². The summed E-state index contributed by atoms with van der Waals surface area (Å²) in [6.45, 7) is 0. The molecule has 0 radical (unpaired) electrons. The van der Waals surface area contributed by atoms with Crippen LogP contribution >= 0.6 is 15.9 Å². The van der Waals surface area contributed by atoms with E-state index in [0.717, 1.165) is 33.8 Å². The number of fused-ring (bicyclic) bond motifs is 1. The average Bonchev–Trinajstić information content (AvgIpc) is 2.80. The molecule has 1 aliphatic rings. The van der Waals surface area contributed by atoms with E-state index in [1.807, 2.05) is 48.5 Å². The molecular formula is C18H17BrO3. The Kier molecular flexibility index (Phi) is 4.23. The number of ether oxygens (including phenoxy) is 2. The molecule has 0 fully saturated rings. The Hall–Kier alpha value is -1.78. The first-order valence-electron chi connectivity index (χ1n) is 6.99. The molecule has 0 saturated carbocycles. The maximum absolute atomic E-state index is 10.6. The molecule has 22 heavy (non-hydrogen) atoms. The van der Waals surface area contributed by atoms with Gasteiger partial charge in [0.15, 0.2) is 0 Å². The third kappa shape index (κ3) is 2.64.